The van der Waals surface area contributed by atoms with Crippen LogP contribution in [-0.2, 0) is 13.0 Å². The number of carbonyl (C=O) groups is 1. The van der Waals surface area contributed by atoms with Gasteiger partial charge >= 0.3 is 0 Å². The van der Waals surface area contributed by atoms with Crippen molar-refractivity contribution in [3.05, 3.63) is 77.6 Å². The number of piperidine rings is 1. The Bertz CT molecular complexity index is 1160. The number of aromatic nitrogens is 3. The SMILES string of the molecule is O=C(NCc1ncccc1F)c1cnn(C2CCN(CCC3=Nc4ccccc4C3)CC2)c1. The molecule has 8 heteroatoms. The zero-order valence-electron chi connectivity index (χ0n) is 18.5. The normalized spacial score (nSPS) is 16.5. The lowest BCUT2D eigenvalue weighted by atomic mass is 10.0. The van der Waals surface area contributed by atoms with Gasteiger partial charge in [-0.1, -0.05) is 18.2 Å². The summed E-state index contributed by atoms with van der Waals surface area (Å²) in [6.45, 7) is 3.08. The van der Waals surface area contributed by atoms with E-state index in [1.54, 1.807) is 12.4 Å². The summed E-state index contributed by atoms with van der Waals surface area (Å²) >= 11 is 0. The highest BCUT2D eigenvalue weighted by Crippen LogP contribution is 2.27. The predicted molar refractivity (Wildman–Crippen MR) is 124 cm³/mol. The third kappa shape index (κ3) is 5.01. The van der Waals surface area contributed by atoms with Crippen LogP contribution >= 0.6 is 0 Å². The van der Waals surface area contributed by atoms with E-state index in [-0.39, 0.29) is 24.2 Å². The largest absolute Gasteiger partial charge is 0.346 e. The van der Waals surface area contributed by atoms with Crippen molar-refractivity contribution in [3.8, 4) is 0 Å². The Balaban J connectivity index is 1.08. The number of likely N-dealkylation sites (tertiary alicyclic amines) is 1. The van der Waals surface area contributed by atoms with Gasteiger partial charge in [-0.05, 0) is 43.0 Å². The van der Waals surface area contributed by atoms with Crippen molar-refractivity contribution in [2.24, 2.45) is 4.99 Å². The molecule has 3 aromatic rings. The van der Waals surface area contributed by atoms with Crippen molar-refractivity contribution >= 4 is 17.3 Å². The zero-order chi connectivity index (χ0) is 22.6. The Labute approximate surface area is 192 Å². The average molecular weight is 447 g/mol. The number of halogens is 1. The molecule has 0 aliphatic carbocycles. The van der Waals surface area contributed by atoms with Crippen LogP contribution in [0.25, 0.3) is 0 Å². The Morgan fingerprint density at radius 2 is 2.00 bits per heavy atom. The van der Waals surface area contributed by atoms with Crippen molar-refractivity contribution < 1.29 is 9.18 Å². The molecular formula is C25H27FN6O. The van der Waals surface area contributed by atoms with Crippen LogP contribution in [0.1, 0.15) is 46.9 Å². The number of aliphatic imine (C=N–C) groups is 1. The molecule has 170 valence electrons. The van der Waals surface area contributed by atoms with E-state index in [2.05, 4.69) is 38.5 Å². The average Bonchev–Trinajstić information content (AvgIpc) is 3.50. The summed E-state index contributed by atoms with van der Waals surface area (Å²) in [4.78, 5) is 23.7. The predicted octanol–water partition coefficient (Wildman–Crippen LogP) is 3.70. The summed E-state index contributed by atoms with van der Waals surface area (Å²) in [6.07, 6.45) is 8.83. The van der Waals surface area contributed by atoms with Crippen LogP contribution in [0.4, 0.5) is 10.1 Å². The number of pyridine rings is 1. The van der Waals surface area contributed by atoms with Crippen molar-refractivity contribution in [1.82, 2.24) is 25.0 Å². The molecule has 0 bridgehead atoms. The maximum absolute atomic E-state index is 13.7. The smallest absolute Gasteiger partial charge is 0.254 e. The first-order chi connectivity index (χ1) is 16.2. The summed E-state index contributed by atoms with van der Waals surface area (Å²) in [5.74, 6) is -0.702. The van der Waals surface area contributed by atoms with E-state index in [4.69, 9.17) is 4.99 Å². The van der Waals surface area contributed by atoms with E-state index >= 15 is 0 Å². The molecule has 0 saturated carbocycles. The fourth-order valence-electron chi connectivity index (χ4n) is 4.51. The summed E-state index contributed by atoms with van der Waals surface area (Å²) in [5, 5.41) is 7.13. The molecule has 33 heavy (non-hydrogen) atoms. The number of rotatable bonds is 7. The quantitative estimate of drug-likeness (QED) is 0.601. The molecule has 1 saturated heterocycles. The number of nitrogens with zero attached hydrogens (tertiary/aromatic N) is 5. The third-order valence-corrected chi connectivity index (χ3v) is 6.43. The molecule has 1 N–H and O–H groups in total. The number of para-hydroxylation sites is 1. The van der Waals surface area contributed by atoms with Gasteiger partial charge in [0.1, 0.15) is 5.82 Å². The fraction of sp³-hybridized carbons (Fsp3) is 0.360. The van der Waals surface area contributed by atoms with Crippen LogP contribution in [0, 0.1) is 5.82 Å². The Morgan fingerprint density at radius 3 is 2.82 bits per heavy atom. The van der Waals surface area contributed by atoms with E-state index in [1.807, 2.05) is 10.7 Å². The first-order valence-electron chi connectivity index (χ1n) is 11.4. The fourth-order valence-corrected chi connectivity index (χ4v) is 4.51. The highest BCUT2D eigenvalue weighted by Gasteiger charge is 2.23. The van der Waals surface area contributed by atoms with Gasteiger partial charge in [0, 0.05) is 44.2 Å². The lowest BCUT2D eigenvalue weighted by Gasteiger charge is -2.32. The standard InChI is InChI=1S/C25H27FN6O/c26-22-5-3-10-27-24(22)16-28-25(33)19-15-29-32(17-19)21-8-12-31(13-9-21)11-7-20-14-18-4-1-2-6-23(18)30-20/h1-6,10,15,17,21H,7-9,11-14,16H2,(H,28,33). The molecule has 1 amide bonds. The zero-order valence-corrected chi connectivity index (χ0v) is 18.5. The second-order valence-electron chi connectivity index (χ2n) is 8.63. The molecule has 1 fully saturated rings. The second kappa shape index (κ2) is 9.62. The molecular weight excluding hydrogens is 419 g/mol. The first-order valence-corrected chi connectivity index (χ1v) is 11.4. The van der Waals surface area contributed by atoms with Gasteiger partial charge in [0.15, 0.2) is 0 Å². The summed E-state index contributed by atoms with van der Waals surface area (Å²) in [5.41, 5.74) is 4.42. The van der Waals surface area contributed by atoms with Gasteiger partial charge in [-0.3, -0.25) is 19.5 Å². The number of benzene rings is 1. The maximum Gasteiger partial charge on any atom is 0.254 e. The van der Waals surface area contributed by atoms with Gasteiger partial charge in [0.2, 0.25) is 0 Å². The van der Waals surface area contributed by atoms with Crippen molar-refractivity contribution in [2.45, 2.75) is 38.3 Å². The molecule has 2 aliphatic heterocycles. The van der Waals surface area contributed by atoms with Crippen LogP contribution in [-0.4, -0.2) is 50.9 Å². The number of nitrogens with one attached hydrogen (secondary N) is 1. The molecule has 0 spiro atoms. The Kier molecular flexibility index (Phi) is 6.26. The first kappa shape index (κ1) is 21.5. The number of amides is 1. The van der Waals surface area contributed by atoms with Crippen molar-refractivity contribution in [3.63, 3.8) is 0 Å². The van der Waals surface area contributed by atoms with Crippen molar-refractivity contribution in [1.29, 1.82) is 0 Å². The van der Waals surface area contributed by atoms with Crippen LogP contribution in [0.2, 0.25) is 0 Å². The van der Waals surface area contributed by atoms with Crippen LogP contribution in [0.3, 0.4) is 0 Å². The van der Waals surface area contributed by atoms with Crippen LogP contribution < -0.4 is 5.32 Å². The number of carbonyl (C=O) groups excluding carboxylic acids is 1. The van der Waals surface area contributed by atoms with Gasteiger partial charge in [-0.15, -0.1) is 0 Å². The van der Waals surface area contributed by atoms with Gasteiger partial charge in [0.05, 0.1) is 35.7 Å². The minimum Gasteiger partial charge on any atom is -0.346 e. The molecule has 0 unspecified atom stereocenters. The lowest BCUT2D eigenvalue weighted by Crippen LogP contribution is -2.36. The summed E-state index contributed by atoms with van der Waals surface area (Å²) in [7, 11) is 0. The van der Waals surface area contributed by atoms with E-state index < -0.39 is 5.82 Å². The molecule has 5 rings (SSSR count). The van der Waals surface area contributed by atoms with Crippen molar-refractivity contribution in [2.75, 3.05) is 19.6 Å². The van der Waals surface area contributed by atoms with E-state index in [1.165, 1.54) is 29.6 Å². The highest BCUT2D eigenvalue weighted by atomic mass is 19.1. The lowest BCUT2D eigenvalue weighted by molar-refractivity contribution is 0.0949. The minimum atomic E-state index is -0.426. The molecule has 1 aromatic carbocycles. The molecule has 2 aliphatic rings. The van der Waals surface area contributed by atoms with E-state index in [9.17, 15) is 9.18 Å². The van der Waals surface area contributed by atoms with E-state index in [0.717, 1.165) is 51.0 Å². The Hall–Kier alpha value is -3.39. The van der Waals surface area contributed by atoms with Gasteiger partial charge < -0.3 is 10.2 Å². The van der Waals surface area contributed by atoms with Gasteiger partial charge in [-0.25, -0.2) is 4.39 Å². The monoisotopic (exact) mass is 446 g/mol. The highest BCUT2D eigenvalue weighted by molar-refractivity contribution is 5.94. The molecule has 0 atom stereocenters. The topological polar surface area (TPSA) is 75.4 Å². The van der Waals surface area contributed by atoms with E-state index in [0.29, 0.717) is 5.56 Å². The molecule has 7 nitrogen and oxygen atoms in total. The number of fused-ring (bicyclic) bond motifs is 1. The van der Waals surface area contributed by atoms with Gasteiger partial charge in [-0.2, -0.15) is 5.10 Å². The Morgan fingerprint density at radius 1 is 1.15 bits per heavy atom. The third-order valence-electron chi connectivity index (χ3n) is 6.43. The number of hydrogen-bond donors (Lipinski definition) is 1. The second-order valence-corrected chi connectivity index (χ2v) is 8.63. The van der Waals surface area contributed by atoms with Crippen LogP contribution in [0.15, 0.2) is 60.0 Å². The summed E-state index contributed by atoms with van der Waals surface area (Å²) < 4.78 is 15.6. The maximum atomic E-state index is 13.7. The van der Waals surface area contributed by atoms with Crippen LogP contribution in [0.5, 0.6) is 0 Å². The summed E-state index contributed by atoms with van der Waals surface area (Å²) in [6, 6.07) is 11.5. The molecule has 4 heterocycles. The molecule has 0 radical (unpaired) electrons. The van der Waals surface area contributed by atoms with Gasteiger partial charge in [0.25, 0.3) is 5.91 Å². The number of hydrogen-bond acceptors (Lipinski definition) is 5. The minimum absolute atomic E-state index is 0.0471. The molecule has 2 aromatic heterocycles.